The van der Waals surface area contributed by atoms with Crippen LogP contribution in [-0.4, -0.2) is 16.5 Å². The molecule has 0 saturated heterocycles. The van der Waals surface area contributed by atoms with E-state index < -0.39 is 0 Å². The van der Waals surface area contributed by atoms with Gasteiger partial charge in [-0.05, 0) is 6.26 Å². The van der Waals surface area contributed by atoms with Crippen LogP contribution in [0.3, 0.4) is 0 Å². The van der Waals surface area contributed by atoms with Crippen molar-refractivity contribution in [1.29, 1.82) is 0 Å². The van der Waals surface area contributed by atoms with Crippen LogP contribution < -0.4 is 11.5 Å². The summed E-state index contributed by atoms with van der Waals surface area (Å²) in [7, 11) is 0. The summed E-state index contributed by atoms with van der Waals surface area (Å²) >= 11 is 5.98. The minimum absolute atomic E-state index is 0.0179. The third-order valence-corrected chi connectivity index (χ3v) is 1.43. The lowest BCUT2D eigenvalue weighted by Gasteiger charge is -1.88. The monoisotopic (exact) mass is 149 g/mol. The van der Waals surface area contributed by atoms with Gasteiger partial charge in [-0.25, -0.2) is 0 Å². The molecule has 46 valence electrons. The van der Waals surface area contributed by atoms with Crippen molar-refractivity contribution in [2.75, 3.05) is 6.26 Å². The highest BCUT2D eigenvalue weighted by Crippen LogP contribution is 1.96. The second-order valence-corrected chi connectivity index (χ2v) is 2.45. The first-order valence-electron chi connectivity index (χ1n) is 1.84. The van der Waals surface area contributed by atoms with E-state index in [4.69, 9.17) is 11.5 Å². The number of aliphatic imine (C=N–C) groups is 1. The summed E-state index contributed by atoms with van der Waals surface area (Å²) in [6, 6.07) is 0. The van der Waals surface area contributed by atoms with Crippen molar-refractivity contribution < 1.29 is 0 Å². The number of nitrogens with two attached hydrogens (primary N) is 2. The van der Waals surface area contributed by atoms with Crippen molar-refractivity contribution in [3.05, 3.63) is 0 Å². The predicted molar refractivity (Wildman–Crippen MR) is 41.9 cm³/mol. The molecule has 5 heteroatoms. The first-order chi connectivity index (χ1) is 3.66. The van der Waals surface area contributed by atoms with Crippen LogP contribution in [0, 0.1) is 0 Å². The van der Waals surface area contributed by atoms with Crippen molar-refractivity contribution >= 4 is 34.3 Å². The zero-order valence-corrected chi connectivity index (χ0v) is 6.05. The number of nitrogens with zero attached hydrogens (tertiary/aromatic N) is 1. The molecule has 0 fully saturated rings. The van der Waals surface area contributed by atoms with Gasteiger partial charge in [-0.15, -0.1) is 0 Å². The van der Waals surface area contributed by atoms with E-state index in [-0.39, 0.29) is 5.96 Å². The lowest BCUT2D eigenvalue weighted by molar-refractivity contribution is 1.51. The summed E-state index contributed by atoms with van der Waals surface area (Å²) in [6.07, 6.45) is 1.81. The molecule has 0 spiro atoms. The van der Waals surface area contributed by atoms with E-state index in [1.807, 2.05) is 6.26 Å². The molecule has 0 atom stereocenters. The Morgan fingerprint density at radius 3 is 2.25 bits per heavy atom. The van der Waals surface area contributed by atoms with Gasteiger partial charge in [-0.2, -0.15) is 4.99 Å². The van der Waals surface area contributed by atoms with Crippen LogP contribution in [0.5, 0.6) is 0 Å². The zero-order chi connectivity index (χ0) is 6.57. The van der Waals surface area contributed by atoms with E-state index >= 15 is 0 Å². The molecule has 0 aromatic carbocycles. The van der Waals surface area contributed by atoms with E-state index in [1.54, 1.807) is 0 Å². The van der Waals surface area contributed by atoms with E-state index in [0.29, 0.717) is 4.32 Å². The van der Waals surface area contributed by atoms with Gasteiger partial charge in [0, 0.05) is 0 Å². The summed E-state index contributed by atoms with van der Waals surface area (Å²) in [5.74, 6) is 0.0179. The van der Waals surface area contributed by atoms with E-state index in [9.17, 15) is 0 Å². The Labute approximate surface area is 57.5 Å². The van der Waals surface area contributed by atoms with Gasteiger partial charge in [-0.3, -0.25) is 0 Å². The molecule has 0 aromatic heterocycles. The Bertz CT molecular complexity index is 116. The highest BCUT2D eigenvalue weighted by atomic mass is 32.2. The van der Waals surface area contributed by atoms with Crippen molar-refractivity contribution in [3.63, 3.8) is 0 Å². The Hall–Kier alpha value is -0.290. The predicted octanol–water partition coefficient (Wildman–Crippen LogP) is -0.0923. The van der Waals surface area contributed by atoms with Gasteiger partial charge >= 0.3 is 0 Å². The zero-order valence-electron chi connectivity index (χ0n) is 4.42. The molecule has 0 saturated carbocycles. The Morgan fingerprint density at radius 1 is 1.62 bits per heavy atom. The molecule has 0 aliphatic rings. The molecule has 8 heavy (non-hydrogen) atoms. The molecule has 0 bridgehead atoms. The van der Waals surface area contributed by atoms with Crippen LogP contribution in [0.15, 0.2) is 4.99 Å². The van der Waals surface area contributed by atoms with Crippen LogP contribution in [0.25, 0.3) is 0 Å². The fourth-order valence-electron chi connectivity index (χ4n) is 0.151. The molecule has 0 heterocycles. The van der Waals surface area contributed by atoms with Gasteiger partial charge in [-0.1, -0.05) is 24.0 Å². The Balaban J connectivity index is 3.70. The summed E-state index contributed by atoms with van der Waals surface area (Å²) in [5.41, 5.74) is 9.99. The molecule has 0 aromatic rings. The van der Waals surface area contributed by atoms with Crippen LogP contribution >= 0.6 is 24.0 Å². The van der Waals surface area contributed by atoms with E-state index in [2.05, 4.69) is 17.2 Å². The lowest BCUT2D eigenvalue weighted by Crippen LogP contribution is -2.23. The van der Waals surface area contributed by atoms with Crippen LogP contribution in [0.1, 0.15) is 0 Å². The van der Waals surface area contributed by atoms with Crippen molar-refractivity contribution in [2.24, 2.45) is 16.5 Å². The molecular weight excluding hydrogens is 142 g/mol. The average molecular weight is 149 g/mol. The van der Waals surface area contributed by atoms with Crippen LogP contribution in [-0.2, 0) is 0 Å². The third-order valence-electron chi connectivity index (χ3n) is 0.395. The standard InChI is InChI=1S/C3H7N3S2/c1-8-3(7)6-2(4)5/h1H3,(H4,4,5,6,7). The van der Waals surface area contributed by atoms with Gasteiger partial charge in [0.2, 0.25) is 0 Å². The van der Waals surface area contributed by atoms with Gasteiger partial charge in [0.05, 0.1) is 0 Å². The Morgan fingerprint density at radius 2 is 2.12 bits per heavy atom. The molecule has 0 radical (unpaired) electrons. The normalized spacial score (nSPS) is 8.12. The van der Waals surface area contributed by atoms with Crippen molar-refractivity contribution in [1.82, 2.24) is 0 Å². The molecule has 3 nitrogen and oxygen atoms in total. The first kappa shape index (κ1) is 7.71. The van der Waals surface area contributed by atoms with E-state index in [0.717, 1.165) is 0 Å². The molecular formula is C3H7N3S2. The quantitative estimate of drug-likeness (QED) is 0.287. The van der Waals surface area contributed by atoms with Gasteiger partial charge in [0.15, 0.2) is 10.3 Å². The molecule has 4 N–H and O–H groups in total. The number of hydrogen-bond acceptors (Lipinski definition) is 2. The summed E-state index contributed by atoms with van der Waals surface area (Å²) < 4.78 is 0.463. The smallest absolute Gasteiger partial charge is 0.192 e. The number of hydrogen-bond donors (Lipinski definition) is 2. The third kappa shape index (κ3) is 3.89. The van der Waals surface area contributed by atoms with Gasteiger partial charge < -0.3 is 11.5 Å². The molecule has 0 aliphatic heterocycles. The van der Waals surface area contributed by atoms with Crippen LogP contribution in [0.4, 0.5) is 0 Å². The maximum atomic E-state index is 5.00. The molecule has 0 rings (SSSR count). The number of guanidine groups is 1. The van der Waals surface area contributed by atoms with Crippen molar-refractivity contribution in [2.45, 2.75) is 0 Å². The second kappa shape index (κ2) is 3.68. The Kier molecular flexibility index (Phi) is 3.55. The summed E-state index contributed by atoms with van der Waals surface area (Å²) in [6.45, 7) is 0. The van der Waals surface area contributed by atoms with Gasteiger partial charge in [0.1, 0.15) is 0 Å². The average Bonchev–Trinajstić information content (AvgIpc) is 1.65. The second-order valence-electron chi connectivity index (χ2n) is 1.01. The van der Waals surface area contributed by atoms with E-state index in [1.165, 1.54) is 11.8 Å². The maximum Gasteiger partial charge on any atom is 0.192 e. The maximum absolute atomic E-state index is 5.00. The highest BCUT2D eigenvalue weighted by molar-refractivity contribution is 8.22. The molecule has 0 unspecified atom stereocenters. The fourth-order valence-corrected chi connectivity index (χ4v) is 0.453. The minimum atomic E-state index is 0.0179. The fraction of sp³-hybridized carbons (Fsp3) is 0.333. The topological polar surface area (TPSA) is 64.4 Å². The molecule has 0 aliphatic carbocycles. The van der Waals surface area contributed by atoms with Gasteiger partial charge in [0.25, 0.3) is 0 Å². The summed E-state index contributed by atoms with van der Waals surface area (Å²) in [5, 5.41) is 0. The number of thioether (sulfide) groups is 1. The van der Waals surface area contributed by atoms with Crippen LogP contribution in [0.2, 0.25) is 0 Å². The lowest BCUT2D eigenvalue weighted by atomic mass is 11.1. The summed E-state index contributed by atoms with van der Waals surface area (Å²) in [4.78, 5) is 3.56. The van der Waals surface area contributed by atoms with Crippen molar-refractivity contribution in [3.8, 4) is 0 Å². The minimum Gasteiger partial charge on any atom is -0.370 e. The SMILES string of the molecule is CSC(=S)N=C(N)N. The first-order valence-corrected chi connectivity index (χ1v) is 3.47. The molecule has 0 amide bonds. The number of thiocarbonyl (C=S) groups is 1. The highest BCUT2D eigenvalue weighted by Gasteiger charge is 1.86. The number of rotatable bonds is 0. The largest absolute Gasteiger partial charge is 0.370 e.